The molecule has 2 aliphatic heterocycles. The van der Waals surface area contributed by atoms with Gasteiger partial charge in [0.2, 0.25) is 11.8 Å². The van der Waals surface area contributed by atoms with Gasteiger partial charge in [0, 0.05) is 30.3 Å². The number of halogens is 1. The van der Waals surface area contributed by atoms with Crippen LogP contribution in [-0.4, -0.2) is 71.9 Å². The number of nitrogens with zero attached hydrogens (tertiary/aromatic N) is 3. The number of likely N-dealkylation sites (tertiary alicyclic amines) is 1. The van der Waals surface area contributed by atoms with Crippen LogP contribution in [0.4, 0.5) is 5.69 Å². The largest absolute Gasteiger partial charge is 0.355 e. The van der Waals surface area contributed by atoms with E-state index in [0.29, 0.717) is 50.6 Å². The topological polar surface area (TPSA) is 99.0 Å². The number of anilines is 1. The summed E-state index contributed by atoms with van der Waals surface area (Å²) in [7, 11) is 0. The molecule has 9 heteroatoms. The first kappa shape index (κ1) is 26.0. The van der Waals surface area contributed by atoms with Crippen molar-refractivity contribution in [3.05, 3.63) is 65.2 Å². The molecule has 0 radical (unpaired) electrons. The normalized spacial score (nSPS) is 18.0. The number of nitrogens with one attached hydrogen (secondary N) is 1. The van der Waals surface area contributed by atoms with Gasteiger partial charge in [-0.3, -0.25) is 14.4 Å². The fourth-order valence-electron chi connectivity index (χ4n) is 5.11. The predicted octanol–water partition coefficient (Wildman–Crippen LogP) is 2.40. The Morgan fingerprint density at radius 3 is 2.39 bits per heavy atom. The van der Waals surface area contributed by atoms with Gasteiger partial charge >= 0.3 is 0 Å². The summed E-state index contributed by atoms with van der Waals surface area (Å²) < 4.78 is 0. The third-order valence-electron chi connectivity index (χ3n) is 7.08. The number of amides is 3. The second kappa shape index (κ2) is 11.3. The van der Waals surface area contributed by atoms with Crippen LogP contribution in [0.5, 0.6) is 0 Å². The quantitative estimate of drug-likeness (QED) is 0.567. The van der Waals surface area contributed by atoms with Crippen LogP contribution in [-0.2, 0) is 20.8 Å². The fraction of sp³-hybridized carbons (Fsp3) is 0.444. The molecule has 2 heterocycles. The van der Waals surface area contributed by atoms with Gasteiger partial charge in [-0.15, -0.1) is 0 Å². The Labute approximate surface area is 217 Å². The van der Waals surface area contributed by atoms with E-state index in [1.54, 1.807) is 21.9 Å². The van der Waals surface area contributed by atoms with Crippen LogP contribution < -0.4 is 16.0 Å². The highest BCUT2D eigenvalue weighted by Crippen LogP contribution is 2.39. The third kappa shape index (κ3) is 5.50. The van der Waals surface area contributed by atoms with Crippen LogP contribution in [0.15, 0.2) is 54.6 Å². The lowest BCUT2D eigenvalue weighted by Gasteiger charge is -2.43. The predicted molar refractivity (Wildman–Crippen MR) is 140 cm³/mol. The molecule has 2 saturated heterocycles. The number of rotatable bonds is 8. The van der Waals surface area contributed by atoms with Crippen LogP contribution in [0.25, 0.3) is 0 Å². The zero-order valence-electron chi connectivity index (χ0n) is 20.7. The lowest BCUT2D eigenvalue weighted by molar-refractivity contribution is -0.140. The zero-order valence-corrected chi connectivity index (χ0v) is 21.4. The van der Waals surface area contributed by atoms with Crippen molar-refractivity contribution < 1.29 is 14.4 Å². The molecule has 192 valence electrons. The maximum absolute atomic E-state index is 13.7. The number of piperidine rings is 1. The van der Waals surface area contributed by atoms with Crippen LogP contribution in [0.3, 0.4) is 0 Å². The molecule has 2 aromatic rings. The van der Waals surface area contributed by atoms with E-state index in [2.05, 4.69) is 10.2 Å². The number of nitrogens with two attached hydrogens (primary N) is 1. The summed E-state index contributed by atoms with van der Waals surface area (Å²) in [6.07, 6.45) is 2.22. The van der Waals surface area contributed by atoms with Crippen LogP contribution in [0, 0.1) is 0 Å². The minimum atomic E-state index is -0.788. The van der Waals surface area contributed by atoms with Crippen molar-refractivity contribution in [2.75, 3.05) is 37.7 Å². The molecule has 0 aromatic heterocycles. The first-order chi connectivity index (χ1) is 17.3. The van der Waals surface area contributed by atoms with Gasteiger partial charge in [0.05, 0.1) is 12.7 Å². The number of carbonyl (C=O) groups is 3. The number of hydrogen-bond donors (Lipinski definition) is 2. The van der Waals surface area contributed by atoms with E-state index in [0.717, 1.165) is 17.7 Å². The van der Waals surface area contributed by atoms with E-state index in [9.17, 15) is 14.4 Å². The molecule has 4 rings (SSSR count). The second-order valence-corrected chi connectivity index (χ2v) is 9.99. The summed E-state index contributed by atoms with van der Waals surface area (Å²) in [6, 6.07) is 16.5. The molecule has 2 aromatic carbocycles. The van der Waals surface area contributed by atoms with Gasteiger partial charge in [-0.2, -0.15) is 0 Å². The molecule has 0 saturated carbocycles. The summed E-state index contributed by atoms with van der Waals surface area (Å²) in [5, 5.41) is 3.50. The van der Waals surface area contributed by atoms with Crippen LogP contribution in [0.2, 0.25) is 5.02 Å². The van der Waals surface area contributed by atoms with Crippen molar-refractivity contribution in [3.63, 3.8) is 0 Å². The molecule has 3 N–H and O–H groups in total. The average molecular weight is 512 g/mol. The number of benzene rings is 2. The minimum absolute atomic E-state index is 0.0263. The molecule has 2 fully saturated rings. The van der Waals surface area contributed by atoms with E-state index >= 15 is 0 Å². The van der Waals surface area contributed by atoms with Crippen molar-refractivity contribution in [3.8, 4) is 0 Å². The molecule has 1 atom stereocenters. The van der Waals surface area contributed by atoms with E-state index in [1.807, 2.05) is 49.4 Å². The molecule has 0 unspecified atom stereocenters. The van der Waals surface area contributed by atoms with E-state index in [4.69, 9.17) is 17.3 Å². The Kier molecular flexibility index (Phi) is 8.16. The molecule has 1 spiro atoms. The van der Waals surface area contributed by atoms with E-state index < -0.39 is 11.6 Å². The molecular weight excluding hydrogens is 478 g/mol. The molecule has 0 aliphatic carbocycles. The Morgan fingerprint density at radius 2 is 1.75 bits per heavy atom. The highest BCUT2D eigenvalue weighted by atomic mass is 35.5. The minimum Gasteiger partial charge on any atom is -0.355 e. The van der Waals surface area contributed by atoms with Crippen molar-refractivity contribution >= 4 is 35.0 Å². The standard InChI is InChI=1S/C27H34ClN5O3/c1-2-14-30-24(34)18-32-19-33(22-6-4-3-5-7-22)27(26(32)36)12-15-31(16-13-27)25(35)23(29)17-20-8-10-21(28)11-9-20/h3-11,23H,2,12-19,29H2,1H3,(H,30,34)/t23-/m1/s1. The van der Waals surface area contributed by atoms with Crippen LogP contribution >= 0.6 is 11.6 Å². The summed E-state index contributed by atoms with van der Waals surface area (Å²) >= 11 is 5.96. The summed E-state index contributed by atoms with van der Waals surface area (Å²) in [5.41, 5.74) is 7.37. The van der Waals surface area contributed by atoms with Crippen molar-refractivity contribution in [2.24, 2.45) is 5.73 Å². The second-order valence-electron chi connectivity index (χ2n) is 9.55. The SMILES string of the molecule is CCCNC(=O)CN1CN(c2ccccc2)C2(CCN(C(=O)[C@H](N)Cc3ccc(Cl)cc3)CC2)C1=O. The summed E-state index contributed by atoms with van der Waals surface area (Å²) in [4.78, 5) is 44.7. The summed E-state index contributed by atoms with van der Waals surface area (Å²) in [5.74, 6) is -0.334. The van der Waals surface area contributed by atoms with Crippen molar-refractivity contribution in [1.82, 2.24) is 15.1 Å². The van der Waals surface area contributed by atoms with Gasteiger partial charge in [0.15, 0.2) is 0 Å². The van der Waals surface area contributed by atoms with E-state index in [-0.39, 0.29) is 24.3 Å². The maximum Gasteiger partial charge on any atom is 0.250 e. The number of carbonyl (C=O) groups excluding carboxylic acids is 3. The van der Waals surface area contributed by atoms with Crippen LogP contribution in [0.1, 0.15) is 31.7 Å². The number of hydrogen-bond acceptors (Lipinski definition) is 5. The van der Waals surface area contributed by atoms with Gasteiger partial charge in [-0.05, 0) is 55.5 Å². The van der Waals surface area contributed by atoms with Crippen molar-refractivity contribution in [1.29, 1.82) is 0 Å². The lowest BCUT2D eigenvalue weighted by atomic mass is 9.85. The van der Waals surface area contributed by atoms with Gasteiger partial charge in [-0.1, -0.05) is 48.9 Å². The molecule has 8 nitrogen and oxygen atoms in total. The van der Waals surface area contributed by atoms with Gasteiger partial charge in [-0.25, -0.2) is 0 Å². The Bertz CT molecular complexity index is 1070. The highest BCUT2D eigenvalue weighted by Gasteiger charge is 2.54. The average Bonchev–Trinajstić information content (AvgIpc) is 3.15. The molecule has 36 heavy (non-hydrogen) atoms. The van der Waals surface area contributed by atoms with Gasteiger partial charge < -0.3 is 25.8 Å². The fourth-order valence-corrected chi connectivity index (χ4v) is 5.24. The van der Waals surface area contributed by atoms with Gasteiger partial charge in [0.25, 0.3) is 5.91 Å². The Balaban J connectivity index is 1.46. The highest BCUT2D eigenvalue weighted by molar-refractivity contribution is 6.30. The van der Waals surface area contributed by atoms with E-state index in [1.165, 1.54) is 0 Å². The Morgan fingerprint density at radius 1 is 1.08 bits per heavy atom. The molecular formula is C27H34ClN5O3. The first-order valence-electron chi connectivity index (χ1n) is 12.5. The summed E-state index contributed by atoms with van der Waals surface area (Å²) in [6.45, 7) is 3.80. The van der Waals surface area contributed by atoms with Gasteiger partial charge in [0.1, 0.15) is 12.1 Å². The first-order valence-corrected chi connectivity index (χ1v) is 12.9. The lowest BCUT2D eigenvalue weighted by Crippen LogP contribution is -2.59. The smallest absolute Gasteiger partial charge is 0.250 e. The monoisotopic (exact) mass is 511 g/mol. The molecule has 3 amide bonds. The third-order valence-corrected chi connectivity index (χ3v) is 7.33. The molecule has 2 aliphatic rings. The maximum atomic E-state index is 13.7. The number of para-hydroxylation sites is 1. The van der Waals surface area contributed by atoms with Crippen molar-refractivity contribution in [2.45, 2.75) is 44.2 Å². The molecule has 0 bridgehead atoms. The zero-order chi connectivity index (χ0) is 25.7. The Hall–Kier alpha value is -3.10.